The first-order chi connectivity index (χ1) is 27.3. The van der Waals surface area contributed by atoms with Crippen molar-refractivity contribution in [3.8, 4) is 67.3 Å². The Kier molecular flexibility index (Phi) is 8.04. The molecule has 3 heteroatoms. The number of benzene rings is 7. The lowest BCUT2D eigenvalue weighted by Crippen LogP contribution is -2.28. The summed E-state index contributed by atoms with van der Waals surface area (Å²) >= 11 is 0. The summed E-state index contributed by atoms with van der Waals surface area (Å²) in [5, 5.41) is 0. The minimum atomic E-state index is -0.496. The first-order valence-electron chi connectivity index (χ1n) is 18.7. The van der Waals surface area contributed by atoms with E-state index in [2.05, 4.69) is 193 Å². The van der Waals surface area contributed by atoms with Crippen LogP contribution in [0.2, 0.25) is 0 Å². The van der Waals surface area contributed by atoms with Crippen LogP contribution in [-0.2, 0) is 5.41 Å². The largest absolute Gasteiger partial charge is 0.264 e. The molecule has 55 heavy (non-hydrogen) atoms. The van der Waals surface area contributed by atoms with Crippen LogP contribution in [0.3, 0.4) is 0 Å². The fourth-order valence-electron chi connectivity index (χ4n) is 8.32. The highest BCUT2D eigenvalue weighted by Crippen LogP contribution is 2.56. The van der Waals surface area contributed by atoms with Crippen LogP contribution in [0.1, 0.15) is 22.3 Å². The van der Waals surface area contributed by atoms with Crippen molar-refractivity contribution in [2.45, 2.75) is 5.41 Å². The number of aromatic nitrogens is 3. The molecule has 10 rings (SSSR count). The maximum atomic E-state index is 5.24. The summed E-state index contributed by atoms with van der Waals surface area (Å²) in [7, 11) is 0. The fourth-order valence-corrected chi connectivity index (χ4v) is 8.32. The second-order valence-corrected chi connectivity index (χ2v) is 14.0. The van der Waals surface area contributed by atoms with E-state index in [0.717, 1.165) is 50.3 Å². The molecule has 258 valence electrons. The van der Waals surface area contributed by atoms with Gasteiger partial charge in [-0.3, -0.25) is 4.98 Å². The van der Waals surface area contributed by atoms with Gasteiger partial charge < -0.3 is 0 Å². The summed E-state index contributed by atoms with van der Waals surface area (Å²) in [6, 6.07) is 71.1. The van der Waals surface area contributed by atoms with Gasteiger partial charge in [-0.1, -0.05) is 170 Å². The molecule has 0 amide bonds. The number of rotatable bonds is 7. The maximum Gasteiger partial charge on any atom is 0.160 e. The Morgan fingerprint density at radius 2 is 0.836 bits per heavy atom. The molecule has 0 saturated heterocycles. The summed E-state index contributed by atoms with van der Waals surface area (Å²) in [5.74, 6) is 0.693. The number of fused-ring (bicyclic) bond motifs is 3. The highest BCUT2D eigenvalue weighted by molar-refractivity contribution is 5.88. The van der Waals surface area contributed by atoms with Gasteiger partial charge in [0, 0.05) is 34.6 Å². The third-order valence-electron chi connectivity index (χ3n) is 10.9. The minimum absolute atomic E-state index is 0.496. The third kappa shape index (κ3) is 5.65. The lowest BCUT2D eigenvalue weighted by molar-refractivity contribution is 0.767. The second-order valence-electron chi connectivity index (χ2n) is 14.0. The Morgan fingerprint density at radius 3 is 1.51 bits per heavy atom. The highest BCUT2D eigenvalue weighted by atomic mass is 14.9. The Morgan fingerprint density at radius 1 is 0.327 bits per heavy atom. The van der Waals surface area contributed by atoms with Crippen molar-refractivity contribution in [2.75, 3.05) is 0 Å². The molecule has 7 aromatic carbocycles. The predicted octanol–water partition coefficient (Wildman–Crippen LogP) is 12.6. The van der Waals surface area contributed by atoms with Crippen molar-refractivity contribution in [3.05, 3.63) is 235 Å². The molecular formula is C52H35N3. The normalized spacial score (nSPS) is 12.5. The van der Waals surface area contributed by atoms with Crippen molar-refractivity contribution < 1.29 is 0 Å². The Hall–Kier alpha value is -7.23. The van der Waals surface area contributed by atoms with E-state index in [1.807, 2.05) is 24.5 Å². The van der Waals surface area contributed by atoms with Crippen molar-refractivity contribution in [1.82, 2.24) is 15.0 Å². The molecular weight excluding hydrogens is 667 g/mol. The lowest BCUT2D eigenvalue weighted by Gasteiger charge is -2.34. The van der Waals surface area contributed by atoms with Crippen LogP contribution in [0, 0.1) is 0 Å². The van der Waals surface area contributed by atoms with Crippen LogP contribution < -0.4 is 0 Å². The van der Waals surface area contributed by atoms with Gasteiger partial charge in [0.25, 0.3) is 0 Å². The molecule has 0 saturated carbocycles. The van der Waals surface area contributed by atoms with Gasteiger partial charge in [-0.2, -0.15) is 0 Å². The monoisotopic (exact) mass is 701 g/mol. The lowest BCUT2D eigenvalue weighted by atomic mass is 9.67. The molecule has 0 atom stereocenters. The summed E-state index contributed by atoms with van der Waals surface area (Å²) in [6.07, 6.45) is 3.95. The molecule has 3 nitrogen and oxygen atoms in total. The first kappa shape index (κ1) is 32.4. The molecule has 1 aliphatic carbocycles. The van der Waals surface area contributed by atoms with Crippen LogP contribution in [0.25, 0.3) is 67.3 Å². The van der Waals surface area contributed by atoms with Gasteiger partial charge in [-0.15, -0.1) is 0 Å². The van der Waals surface area contributed by atoms with Gasteiger partial charge in [0.1, 0.15) is 0 Å². The quantitative estimate of drug-likeness (QED) is 0.166. The van der Waals surface area contributed by atoms with Crippen LogP contribution in [0.15, 0.2) is 213 Å². The summed E-state index contributed by atoms with van der Waals surface area (Å²) < 4.78 is 0. The zero-order valence-corrected chi connectivity index (χ0v) is 30.0. The standard InChI is InChI=1S/C52H35N3/c1-5-15-36(16-6-1)38-19-14-22-42(32-38)51-54-49(37-17-7-2-8-18-37)34-50(55-51)41-21-13-20-39(31-41)40-27-28-45-46-35-53-30-29-47(46)52(48(45)33-40,43-23-9-3-10-24-43)44-25-11-4-12-26-44/h1-35H. The van der Waals surface area contributed by atoms with Gasteiger partial charge in [-0.05, 0) is 80.4 Å². The Labute approximate surface area is 321 Å². The van der Waals surface area contributed by atoms with Gasteiger partial charge in [0.2, 0.25) is 0 Å². The average Bonchev–Trinajstić information content (AvgIpc) is 3.58. The first-order valence-corrected chi connectivity index (χ1v) is 18.7. The number of pyridine rings is 1. The Balaban J connectivity index is 1.12. The average molecular weight is 702 g/mol. The molecule has 9 aromatic rings. The van der Waals surface area contributed by atoms with E-state index in [1.54, 1.807) is 0 Å². The van der Waals surface area contributed by atoms with E-state index in [4.69, 9.17) is 9.97 Å². The van der Waals surface area contributed by atoms with Crippen molar-refractivity contribution >= 4 is 0 Å². The fraction of sp³-hybridized carbons (Fsp3) is 0.0192. The van der Waals surface area contributed by atoms with E-state index in [1.165, 1.54) is 33.4 Å². The molecule has 0 aliphatic heterocycles. The highest BCUT2D eigenvalue weighted by Gasteiger charge is 2.46. The van der Waals surface area contributed by atoms with E-state index >= 15 is 0 Å². The zero-order chi connectivity index (χ0) is 36.6. The van der Waals surface area contributed by atoms with Gasteiger partial charge in [0.15, 0.2) is 5.82 Å². The number of hydrogen-bond donors (Lipinski definition) is 0. The molecule has 0 bridgehead atoms. The smallest absolute Gasteiger partial charge is 0.160 e. The van der Waals surface area contributed by atoms with Crippen LogP contribution in [0.4, 0.5) is 0 Å². The van der Waals surface area contributed by atoms with Crippen LogP contribution >= 0.6 is 0 Å². The molecule has 0 spiro atoms. The summed E-state index contributed by atoms with van der Waals surface area (Å²) in [5.41, 5.74) is 16.2. The molecule has 0 unspecified atom stereocenters. The van der Waals surface area contributed by atoms with E-state index < -0.39 is 5.41 Å². The second kappa shape index (κ2) is 13.6. The van der Waals surface area contributed by atoms with Gasteiger partial charge in [-0.25, -0.2) is 9.97 Å². The predicted molar refractivity (Wildman–Crippen MR) is 224 cm³/mol. The summed E-state index contributed by atoms with van der Waals surface area (Å²) in [4.78, 5) is 15.0. The SMILES string of the molecule is c1ccc(-c2cccc(-c3nc(-c4ccccc4)cc(-c4cccc(-c5ccc6c(c5)C(c5ccccc5)(c5ccccc5)c5ccncc5-6)c4)n3)c2)cc1. The Bertz CT molecular complexity index is 2760. The van der Waals surface area contributed by atoms with Crippen LogP contribution in [-0.4, -0.2) is 15.0 Å². The number of hydrogen-bond acceptors (Lipinski definition) is 3. The van der Waals surface area contributed by atoms with Gasteiger partial charge >= 0.3 is 0 Å². The maximum absolute atomic E-state index is 5.24. The molecule has 2 aromatic heterocycles. The van der Waals surface area contributed by atoms with Gasteiger partial charge in [0.05, 0.1) is 16.8 Å². The number of nitrogens with zero attached hydrogens (tertiary/aromatic N) is 3. The summed E-state index contributed by atoms with van der Waals surface area (Å²) in [6.45, 7) is 0. The van der Waals surface area contributed by atoms with Crippen molar-refractivity contribution in [3.63, 3.8) is 0 Å². The molecule has 0 radical (unpaired) electrons. The van der Waals surface area contributed by atoms with Crippen LogP contribution in [0.5, 0.6) is 0 Å². The van der Waals surface area contributed by atoms with E-state index in [0.29, 0.717) is 5.82 Å². The van der Waals surface area contributed by atoms with E-state index in [9.17, 15) is 0 Å². The topological polar surface area (TPSA) is 38.7 Å². The molecule has 2 heterocycles. The molecule has 0 fully saturated rings. The minimum Gasteiger partial charge on any atom is -0.264 e. The van der Waals surface area contributed by atoms with Crippen molar-refractivity contribution in [1.29, 1.82) is 0 Å². The van der Waals surface area contributed by atoms with E-state index in [-0.39, 0.29) is 0 Å². The zero-order valence-electron chi connectivity index (χ0n) is 30.0. The molecule has 0 N–H and O–H groups in total. The molecule has 1 aliphatic rings. The van der Waals surface area contributed by atoms with Crippen molar-refractivity contribution in [2.24, 2.45) is 0 Å². The third-order valence-corrected chi connectivity index (χ3v) is 10.9.